The van der Waals surface area contributed by atoms with Crippen LogP contribution in [0.5, 0.6) is 0 Å². The van der Waals surface area contributed by atoms with Crippen molar-refractivity contribution in [2.75, 3.05) is 33.2 Å². The number of halogens is 1. The van der Waals surface area contributed by atoms with E-state index in [1.54, 1.807) is 17.7 Å². The van der Waals surface area contributed by atoms with Gasteiger partial charge in [0.2, 0.25) is 0 Å². The summed E-state index contributed by atoms with van der Waals surface area (Å²) in [5.41, 5.74) is 1.23. The highest BCUT2D eigenvalue weighted by Crippen LogP contribution is 2.20. The third-order valence-electron chi connectivity index (χ3n) is 5.37. The topological polar surface area (TPSA) is 74.5 Å². The normalized spacial score (nSPS) is 15.8. The minimum Gasteiger partial charge on any atom is -0.357 e. The van der Waals surface area contributed by atoms with Crippen molar-refractivity contribution in [3.63, 3.8) is 0 Å². The van der Waals surface area contributed by atoms with Gasteiger partial charge in [-0.3, -0.25) is 14.6 Å². The minimum atomic E-state index is 0. The average molecular weight is 547 g/mol. The number of aliphatic imine (C=N–C) groups is 1. The number of guanidine groups is 1. The largest absolute Gasteiger partial charge is 0.357 e. The lowest BCUT2D eigenvalue weighted by molar-refractivity contribution is 0.179. The summed E-state index contributed by atoms with van der Waals surface area (Å²) in [5.74, 6) is 2.51. The van der Waals surface area contributed by atoms with E-state index in [0.717, 1.165) is 50.9 Å². The molecule has 1 aliphatic rings. The van der Waals surface area contributed by atoms with E-state index in [1.807, 2.05) is 11.7 Å². The van der Waals surface area contributed by atoms with Crippen LogP contribution < -0.4 is 5.32 Å². The van der Waals surface area contributed by atoms with E-state index in [9.17, 15) is 0 Å². The van der Waals surface area contributed by atoms with Gasteiger partial charge in [-0.25, -0.2) is 9.97 Å². The van der Waals surface area contributed by atoms with Gasteiger partial charge in [-0.1, -0.05) is 6.92 Å². The Kier molecular flexibility index (Phi) is 10.5. The molecule has 3 heterocycles. The van der Waals surface area contributed by atoms with Crippen LogP contribution in [0.25, 0.3) is 0 Å². The van der Waals surface area contributed by atoms with Crippen LogP contribution >= 0.6 is 35.3 Å². The Morgan fingerprint density at radius 2 is 2.10 bits per heavy atom. The smallest absolute Gasteiger partial charge is 0.194 e. The standard InChI is InChI=1S/C20H34N8S.HI/c1-5-19-25-17(14-29-19)12-28-9-7-16(8-10-28)11-22-20(21-6-2)26(3)13-18-23-15-24-27(18)4;/h14-16H,5-13H2,1-4H3,(H,21,22);1H. The highest BCUT2D eigenvalue weighted by molar-refractivity contribution is 14.0. The highest BCUT2D eigenvalue weighted by Gasteiger charge is 2.20. The molecule has 0 radical (unpaired) electrons. The van der Waals surface area contributed by atoms with Crippen LogP contribution in [0.3, 0.4) is 0 Å². The summed E-state index contributed by atoms with van der Waals surface area (Å²) in [6.07, 6.45) is 5.01. The number of nitrogens with zero attached hydrogens (tertiary/aromatic N) is 7. The maximum absolute atomic E-state index is 4.92. The lowest BCUT2D eigenvalue weighted by Gasteiger charge is -2.31. The van der Waals surface area contributed by atoms with E-state index < -0.39 is 0 Å². The van der Waals surface area contributed by atoms with Crippen molar-refractivity contribution in [2.24, 2.45) is 18.0 Å². The number of likely N-dealkylation sites (tertiary alicyclic amines) is 1. The Morgan fingerprint density at radius 3 is 2.70 bits per heavy atom. The first-order valence-corrected chi connectivity index (χ1v) is 11.4. The molecule has 3 rings (SSSR count). The van der Waals surface area contributed by atoms with Gasteiger partial charge in [0.15, 0.2) is 5.96 Å². The molecule has 1 N–H and O–H groups in total. The number of piperidine rings is 1. The first-order chi connectivity index (χ1) is 14.1. The molecular formula is C20H35IN8S. The van der Waals surface area contributed by atoms with E-state index in [-0.39, 0.29) is 24.0 Å². The molecule has 0 spiro atoms. The van der Waals surface area contributed by atoms with Gasteiger partial charge in [-0.15, -0.1) is 35.3 Å². The zero-order chi connectivity index (χ0) is 20.6. The van der Waals surface area contributed by atoms with Gasteiger partial charge in [0, 0.05) is 39.1 Å². The molecule has 0 saturated carbocycles. The Bertz CT molecular complexity index is 781. The Labute approximate surface area is 201 Å². The van der Waals surface area contributed by atoms with Crippen molar-refractivity contribution in [2.45, 2.75) is 46.2 Å². The number of nitrogens with one attached hydrogen (secondary N) is 1. The summed E-state index contributed by atoms with van der Waals surface area (Å²) in [5, 5.41) is 11.0. The number of rotatable bonds is 8. The molecule has 0 aromatic carbocycles. The molecular weight excluding hydrogens is 511 g/mol. The molecule has 0 bridgehead atoms. The van der Waals surface area contributed by atoms with Gasteiger partial charge in [0.1, 0.15) is 12.2 Å². The van der Waals surface area contributed by atoms with Crippen LogP contribution in [0.2, 0.25) is 0 Å². The van der Waals surface area contributed by atoms with Gasteiger partial charge < -0.3 is 10.2 Å². The number of hydrogen-bond acceptors (Lipinski definition) is 6. The number of thiazole rings is 1. The zero-order valence-corrected chi connectivity index (χ0v) is 21.7. The molecule has 0 amide bonds. The van der Waals surface area contributed by atoms with Crippen molar-refractivity contribution in [1.29, 1.82) is 0 Å². The summed E-state index contributed by atoms with van der Waals surface area (Å²) in [6, 6.07) is 0. The lowest BCUT2D eigenvalue weighted by atomic mass is 9.97. The minimum absolute atomic E-state index is 0. The second-order valence-electron chi connectivity index (χ2n) is 7.66. The zero-order valence-electron chi connectivity index (χ0n) is 18.5. The number of hydrogen-bond donors (Lipinski definition) is 1. The second kappa shape index (κ2) is 12.6. The fraction of sp³-hybridized carbons (Fsp3) is 0.700. The van der Waals surface area contributed by atoms with E-state index >= 15 is 0 Å². The van der Waals surface area contributed by atoms with E-state index in [1.165, 1.54) is 23.5 Å². The van der Waals surface area contributed by atoms with Gasteiger partial charge in [0.05, 0.1) is 17.2 Å². The average Bonchev–Trinajstić information content (AvgIpc) is 3.35. The van der Waals surface area contributed by atoms with Gasteiger partial charge in [0.25, 0.3) is 0 Å². The van der Waals surface area contributed by atoms with Crippen LogP contribution in [0.4, 0.5) is 0 Å². The van der Waals surface area contributed by atoms with Crippen molar-refractivity contribution in [3.8, 4) is 0 Å². The molecule has 10 heteroatoms. The van der Waals surface area contributed by atoms with Crippen LogP contribution in [0.1, 0.15) is 43.2 Å². The summed E-state index contributed by atoms with van der Waals surface area (Å²) >= 11 is 1.78. The number of aryl methyl sites for hydroxylation is 2. The first-order valence-electron chi connectivity index (χ1n) is 10.6. The number of aromatic nitrogens is 4. The molecule has 0 atom stereocenters. The highest BCUT2D eigenvalue weighted by atomic mass is 127. The van der Waals surface area contributed by atoms with Gasteiger partial charge in [-0.05, 0) is 45.2 Å². The van der Waals surface area contributed by atoms with E-state index in [4.69, 9.17) is 9.98 Å². The summed E-state index contributed by atoms with van der Waals surface area (Å²) in [4.78, 5) is 18.6. The summed E-state index contributed by atoms with van der Waals surface area (Å²) in [7, 11) is 3.97. The van der Waals surface area contributed by atoms with E-state index in [2.05, 4.69) is 51.5 Å². The van der Waals surface area contributed by atoms with Crippen molar-refractivity contribution in [1.82, 2.24) is 34.9 Å². The molecule has 8 nitrogen and oxygen atoms in total. The third-order valence-corrected chi connectivity index (χ3v) is 6.42. The molecule has 168 valence electrons. The maximum atomic E-state index is 4.92. The predicted octanol–water partition coefficient (Wildman–Crippen LogP) is 2.76. The molecule has 1 saturated heterocycles. The Morgan fingerprint density at radius 1 is 1.33 bits per heavy atom. The Balaban J connectivity index is 0.00000320. The molecule has 1 aliphatic heterocycles. The second-order valence-corrected chi connectivity index (χ2v) is 8.60. The van der Waals surface area contributed by atoms with Crippen molar-refractivity contribution in [3.05, 3.63) is 28.2 Å². The van der Waals surface area contributed by atoms with Crippen LogP contribution in [0.15, 0.2) is 16.7 Å². The van der Waals surface area contributed by atoms with E-state index in [0.29, 0.717) is 12.5 Å². The van der Waals surface area contributed by atoms with Gasteiger partial charge in [-0.2, -0.15) is 5.10 Å². The monoisotopic (exact) mass is 546 g/mol. The SMILES string of the molecule is CCNC(=NCC1CCN(Cc2csc(CC)n2)CC1)N(C)Cc1ncnn1C.I. The van der Waals surface area contributed by atoms with Crippen LogP contribution in [-0.4, -0.2) is 68.7 Å². The molecule has 30 heavy (non-hydrogen) atoms. The molecule has 0 aliphatic carbocycles. The van der Waals surface area contributed by atoms with Crippen LogP contribution in [0, 0.1) is 5.92 Å². The Hall–Kier alpha value is -1.27. The quantitative estimate of drug-likeness (QED) is 0.312. The fourth-order valence-corrected chi connectivity index (χ4v) is 4.31. The fourth-order valence-electron chi connectivity index (χ4n) is 3.58. The first kappa shape index (κ1) is 25.0. The maximum Gasteiger partial charge on any atom is 0.194 e. The summed E-state index contributed by atoms with van der Waals surface area (Å²) < 4.78 is 1.81. The van der Waals surface area contributed by atoms with Crippen molar-refractivity contribution >= 4 is 41.3 Å². The third kappa shape index (κ3) is 7.16. The van der Waals surface area contributed by atoms with Gasteiger partial charge >= 0.3 is 0 Å². The molecule has 2 aromatic rings. The van der Waals surface area contributed by atoms with Crippen molar-refractivity contribution < 1.29 is 0 Å². The molecule has 2 aromatic heterocycles. The van der Waals surface area contributed by atoms with Crippen LogP contribution in [-0.2, 0) is 26.6 Å². The lowest BCUT2D eigenvalue weighted by Crippen LogP contribution is -2.40. The molecule has 0 unspecified atom stereocenters. The molecule has 1 fully saturated rings. The predicted molar refractivity (Wildman–Crippen MR) is 133 cm³/mol. The summed E-state index contributed by atoms with van der Waals surface area (Å²) in [6.45, 7) is 9.93.